The predicted octanol–water partition coefficient (Wildman–Crippen LogP) is 4.81. The third-order valence-corrected chi connectivity index (χ3v) is 4.44. The molecule has 2 aromatic heterocycles. The lowest BCUT2D eigenvalue weighted by molar-refractivity contribution is 0.696. The molecular formula is C19H32N4. The minimum Gasteiger partial charge on any atom is -0.346 e. The van der Waals surface area contributed by atoms with Crippen molar-refractivity contribution in [1.29, 1.82) is 0 Å². The number of unbranched alkanes of at least 4 members (excludes halogenated alkanes) is 4. The Morgan fingerprint density at radius 2 is 1.13 bits per heavy atom. The van der Waals surface area contributed by atoms with Crippen LogP contribution < -0.4 is 0 Å². The Bertz CT molecular complexity index is 542. The van der Waals surface area contributed by atoms with Gasteiger partial charge in [0.1, 0.15) is 11.6 Å². The fourth-order valence-corrected chi connectivity index (χ4v) is 2.95. The molecule has 4 heteroatoms. The fraction of sp³-hybridized carbons (Fsp3) is 0.684. The number of aryl methyl sites for hydroxylation is 4. The molecule has 4 nitrogen and oxygen atoms in total. The van der Waals surface area contributed by atoms with Crippen molar-refractivity contribution < 1.29 is 0 Å². The number of hydrogen-bond donors (Lipinski definition) is 2. The predicted molar refractivity (Wildman–Crippen MR) is 95.9 cm³/mol. The zero-order valence-electron chi connectivity index (χ0n) is 15.3. The molecule has 0 atom stereocenters. The Morgan fingerprint density at radius 3 is 1.52 bits per heavy atom. The molecule has 0 unspecified atom stereocenters. The van der Waals surface area contributed by atoms with Gasteiger partial charge in [0.2, 0.25) is 0 Å². The Morgan fingerprint density at radius 1 is 0.696 bits per heavy atom. The highest BCUT2D eigenvalue weighted by Crippen LogP contribution is 2.16. The highest BCUT2D eigenvalue weighted by atomic mass is 15.0. The van der Waals surface area contributed by atoms with Crippen LogP contribution in [0.2, 0.25) is 0 Å². The summed E-state index contributed by atoms with van der Waals surface area (Å²) in [7, 11) is 0. The van der Waals surface area contributed by atoms with Crippen molar-refractivity contribution in [2.75, 3.05) is 0 Å². The maximum Gasteiger partial charge on any atom is 0.106 e. The van der Waals surface area contributed by atoms with Gasteiger partial charge in [0, 0.05) is 30.7 Å². The van der Waals surface area contributed by atoms with Crippen LogP contribution >= 0.6 is 0 Å². The standard InChI is InChI=1S/C19H32N4/c1-5-7-9-11-18-20-14(3)16(22-18)13-17-15(4)21-19(23-17)12-10-8-6-2/h5-13H2,1-4H3,(H,20,22)(H,21,23). The lowest BCUT2D eigenvalue weighted by Crippen LogP contribution is -1.95. The van der Waals surface area contributed by atoms with E-state index in [1.807, 2.05) is 0 Å². The number of aromatic nitrogens is 4. The van der Waals surface area contributed by atoms with Crippen LogP contribution in [-0.2, 0) is 19.3 Å². The van der Waals surface area contributed by atoms with Crippen molar-refractivity contribution in [3.63, 3.8) is 0 Å². The normalized spacial score (nSPS) is 11.3. The highest BCUT2D eigenvalue weighted by Gasteiger charge is 2.12. The van der Waals surface area contributed by atoms with E-state index in [2.05, 4.69) is 37.7 Å². The van der Waals surface area contributed by atoms with Gasteiger partial charge in [-0.2, -0.15) is 0 Å². The summed E-state index contributed by atoms with van der Waals surface area (Å²) in [4.78, 5) is 16.5. The lowest BCUT2D eigenvalue weighted by Gasteiger charge is -1.97. The molecule has 0 saturated heterocycles. The van der Waals surface area contributed by atoms with Gasteiger partial charge in [-0.1, -0.05) is 39.5 Å². The zero-order chi connectivity index (χ0) is 16.7. The maximum atomic E-state index is 4.79. The van der Waals surface area contributed by atoms with E-state index in [0.717, 1.165) is 42.3 Å². The van der Waals surface area contributed by atoms with Crippen LogP contribution in [0, 0.1) is 13.8 Å². The number of nitrogens with zero attached hydrogens (tertiary/aromatic N) is 2. The van der Waals surface area contributed by atoms with Crippen LogP contribution in [-0.4, -0.2) is 19.9 Å². The van der Waals surface area contributed by atoms with Gasteiger partial charge in [0.05, 0.1) is 11.4 Å². The number of rotatable bonds is 10. The maximum absolute atomic E-state index is 4.79. The molecule has 2 aromatic rings. The molecule has 2 rings (SSSR count). The summed E-state index contributed by atoms with van der Waals surface area (Å²) >= 11 is 0. The topological polar surface area (TPSA) is 57.4 Å². The minimum absolute atomic E-state index is 0.826. The summed E-state index contributed by atoms with van der Waals surface area (Å²) < 4.78 is 0. The summed E-state index contributed by atoms with van der Waals surface area (Å²) in [6.07, 6.45) is 10.4. The number of H-pyrrole nitrogens is 2. The third-order valence-electron chi connectivity index (χ3n) is 4.44. The highest BCUT2D eigenvalue weighted by molar-refractivity contribution is 5.24. The van der Waals surface area contributed by atoms with Crippen molar-refractivity contribution in [2.45, 2.75) is 85.5 Å². The Hall–Kier alpha value is -1.58. The van der Waals surface area contributed by atoms with E-state index in [-0.39, 0.29) is 0 Å². The monoisotopic (exact) mass is 316 g/mol. The van der Waals surface area contributed by atoms with Gasteiger partial charge >= 0.3 is 0 Å². The van der Waals surface area contributed by atoms with E-state index in [4.69, 9.17) is 9.97 Å². The number of imidazole rings is 2. The third kappa shape index (κ3) is 5.22. The number of hydrogen-bond acceptors (Lipinski definition) is 2. The molecule has 0 aromatic carbocycles. The first-order chi connectivity index (χ1) is 11.1. The first kappa shape index (κ1) is 17.8. The molecule has 0 amide bonds. The van der Waals surface area contributed by atoms with Crippen LogP contribution in [0.4, 0.5) is 0 Å². The fourth-order valence-electron chi connectivity index (χ4n) is 2.95. The van der Waals surface area contributed by atoms with E-state index >= 15 is 0 Å². The second-order valence-electron chi connectivity index (χ2n) is 6.60. The van der Waals surface area contributed by atoms with Gasteiger partial charge in [0.25, 0.3) is 0 Å². The van der Waals surface area contributed by atoms with Crippen LogP contribution in [0.25, 0.3) is 0 Å². The van der Waals surface area contributed by atoms with Crippen LogP contribution in [0.15, 0.2) is 0 Å². The zero-order valence-corrected chi connectivity index (χ0v) is 15.3. The Balaban J connectivity index is 1.98. The van der Waals surface area contributed by atoms with Gasteiger partial charge in [-0.05, 0) is 26.7 Å². The van der Waals surface area contributed by atoms with Gasteiger partial charge in [-0.25, -0.2) is 9.97 Å². The Kier molecular flexibility index (Phi) is 6.87. The molecule has 128 valence electrons. The molecule has 2 N–H and O–H groups in total. The molecular weight excluding hydrogens is 284 g/mol. The first-order valence-electron chi connectivity index (χ1n) is 9.22. The van der Waals surface area contributed by atoms with E-state index in [0.29, 0.717) is 0 Å². The van der Waals surface area contributed by atoms with Gasteiger partial charge in [0.15, 0.2) is 0 Å². The molecule has 0 aliphatic heterocycles. The van der Waals surface area contributed by atoms with E-state index in [1.165, 1.54) is 49.9 Å². The van der Waals surface area contributed by atoms with E-state index in [9.17, 15) is 0 Å². The molecule has 0 radical (unpaired) electrons. The molecule has 0 bridgehead atoms. The number of aromatic amines is 2. The van der Waals surface area contributed by atoms with Gasteiger partial charge in [-0.3, -0.25) is 0 Å². The van der Waals surface area contributed by atoms with Crippen LogP contribution in [0.3, 0.4) is 0 Å². The number of nitrogens with one attached hydrogen (secondary N) is 2. The largest absolute Gasteiger partial charge is 0.346 e. The van der Waals surface area contributed by atoms with Crippen LogP contribution in [0.1, 0.15) is 86.8 Å². The smallest absolute Gasteiger partial charge is 0.106 e. The average molecular weight is 316 g/mol. The Labute approximate surface area is 140 Å². The molecule has 0 fully saturated rings. The van der Waals surface area contributed by atoms with E-state index in [1.54, 1.807) is 0 Å². The molecule has 23 heavy (non-hydrogen) atoms. The second-order valence-corrected chi connectivity index (χ2v) is 6.60. The van der Waals surface area contributed by atoms with Gasteiger partial charge < -0.3 is 9.97 Å². The van der Waals surface area contributed by atoms with Crippen molar-refractivity contribution in [2.24, 2.45) is 0 Å². The van der Waals surface area contributed by atoms with E-state index < -0.39 is 0 Å². The summed E-state index contributed by atoms with van der Waals surface area (Å²) in [5, 5.41) is 0. The summed E-state index contributed by atoms with van der Waals surface area (Å²) in [5.41, 5.74) is 4.66. The SMILES string of the molecule is CCCCCc1nc(Cc2nc(CCCCC)[nH]c2C)c(C)[nH]1. The molecule has 0 aliphatic rings. The quantitative estimate of drug-likeness (QED) is 0.618. The summed E-state index contributed by atoms with van der Waals surface area (Å²) in [6, 6.07) is 0. The average Bonchev–Trinajstić information content (AvgIpc) is 3.04. The molecule has 0 saturated carbocycles. The van der Waals surface area contributed by atoms with Crippen molar-refractivity contribution in [3.8, 4) is 0 Å². The molecule has 2 heterocycles. The first-order valence-corrected chi connectivity index (χ1v) is 9.22. The van der Waals surface area contributed by atoms with Crippen molar-refractivity contribution >= 4 is 0 Å². The summed E-state index contributed by atoms with van der Waals surface area (Å²) in [5.74, 6) is 2.25. The van der Waals surface area contributed by atoms with Crippen LogP contribution in [0.5, 0.6) is 0 Å². The molecule has 0 aliphatic carbocycles. The second kappa shape index (κ2) is 8.90. The van der Waals surface area contributed by atoms with Gasteiger partial charge in [-0.15, -0.1) is 0 Å². The minimum atomic E-state index is 0.826. The molecule has 0 spiro atoms. The lowest BCUT2D eigenvalue weighted by atomic mass is 10.2. The van der Waals surface area contributed by atoms with Crippen molar-refractivity contribution in [3.05, 3.63) is 34.4 Å². The van der Waals surface area contributed by atoms with Crippen molar-refractivity contribution in [1.82, 2.24) is 19.9 Å². The summed E-state index contributed by atoms with van der Waals surface area (Å²) in [6.45, 7) is 8.71.